The molecule has 0 radical (unpaired) electrons. The molecule has 4 aromatic rings. The topological polar surface area (TPSA) is 109 Å². The molecule has 0 bridgehead atoms. The first kappa shape index (κ1) is 27.5. The number of hydrogen-bond donors (Lipinski definition) is 0. The lowest BCUT2D eigenvalue weighted by atomic mass is 10.2. The Kier molecular flexibility index (Phi) is 8.90. The standard InChI is InChI=1S/C27H24Br2N4O5/c1-3-4-8-25-31-23-10-9-19(28)14-21(23)27(34)32(25)30-15-18-12-22(29)26(24(13-18)37-2)38-16-17-6-5-7-20(11-17)33(35)36/h5-7,9-15H,3-4,8,16H2,1-2H3. The highest BCUT2D eigenvalue weighted by Gasteiger charge is 2.14. The van der Waals surface area contributed by atoms with Crippen molar-refractivity contribution < 1.29 is 14.4 Å². The lowest BCUT2D eigenvalue weighted by Crippen LogP contribution is -2.22. The number of nitro groups is 1. The van der Waals surface area contributed by atoms with Crippen molar-refractivity contribution in [2.75, 3.05) is 7.11 Å². The molecule has 4 rings (SSSR count). The first-order valence-electron chi connectivity index (χ1n) is 11.8. The average Bonchev–Trinajstić information content (AvgIpc) is 2.91. The van der Waals surface area contributed by atoms with Crippen LogP contribution in [0.3, 0.4) is 0 Å². The quantitative estimate of drug-likeness (QED) is 0.109. The Bertz CT molecular complexity index is 1590. The van der Waals surface area contributed by atoms with E-state index in [9.17, 15) is 14.9 Å². The largest absolute Gasteiger partial charge is 0.493 e. The molecule has 1 heterocycles. The number of rotatable bonds is 10. The first-order valence-corrected chi connectivity index (χ1v) is 13.4. The van der Waals surface area contributed by atoms with Crippen molar-refractivity contribution in [3.63, 3.8) is 0 Å². The van der Waals surface area contributed by atoms with E-state index in [-0.39, 0.29) is 17.9 Å². The summed E-state index contributed by atoms with van der Waals surface area (Å²) in [5, 5.41) is 16.0. The third-order valence-corrected chi connectivity index (χ3v) is 6.79. The Morgan fingerprint density at radius 3 is 2.71 bits per heavy atom. The van der Waals surface area contributed by atoms with Crippen LogP contribution in [0.4, 0.5) is 5.69 Å². The van der Waals surface area contributed by atoms with Gasteiger partial charge in [-0.15, -0.1) is 0 Å². The van der Waals surface area contributed by atoms with Crippen LogP contribution in [0.5, 0.6) is 11.5 Å². The second-order valence-electron chi connectivity index (χ2n) is 8.40. The lowest BCUT2D eigenvalue weighted by molar-refractivity contribution is -0.384. The molecule has 38 heavy (non-hydrogen) atoms. The Labute approximate surface area is 235 Å². The monoisotopic (exact) mass is 642 g/mol. The molecular weight excluding hydrogens is 620 g/mol. The van der Waals surface area contributed by atoms with Crippen molar-refractivity contribution in [2.24, 2.45) is 5.10 Å². The minimum absolute atomic E-state index is 0.00669. The van der Waals surface area contributed by atoms with Gasteiger partial charge in [-0.1, -0.05) is 41.4 Å². The van der Waals surface area contributed by atoms with Crippen LogP contribution in [-0.2, 0) is 13.0 Å². The molecule has 0 amide bonds. The number of fused-ring (bicyclic) bond motifs is 1. The average molecular weight is 644 g/mol. The minimum Gasteiger partial charge on any atom is -0.493 e. The van der Waals surface area contributed by atoms with Crippen LogP contribution in [0.1, 0.15) is 36.7 Å². The van der Waals surface area contributed by atoms with Gasteiger partial charge in [-0.3, -0.25) is 14.9 Å². The number of benzene rings is 3. The molecule has 9 nitrogen and oxygen atoms in total. The molecule has 11 heteroatoms. The summed E-state index contributed by atoms with van der Waals surface area (Å²) >= 11 is 6.94. The number of ether oxygens (including phenoxy) is 2. The third kappa shape index (κ3) is 6.28. The summed E-state index contributed by atoms with van der Waals surface area (Å²) in [6, 6.07) is 15.2. The van der Waals surface area contributed by atoms with E-state index in [4.69, 9.17) is 14.5 Å². The molecule has 0 unspecified atom stereocenters. The van der Waals surface area contributed by atoms with Gasteiger partial charge in [0.15, 0.2) is 11.5 Å². The van der Waals surface area contributed by atoms with Crippen LogP contribution in [-0.4, -0.2) is 27.9 Å². The molecule has 1 aromatic heterocycles. The molecule has 0 spiro atoms. The van der Waals surface area contributed by atoms with Crippen LogP contribution in [0.2, 0.25) is 0 Å². The SMILES string of the molecule is CCCCc1nc2ccc(Br)cc2c(=O)n1N=Cc1cc(Br)c(OCc2cccc([N+](=O)[O-])c2)c(OC)c1. The number of aryl methyl sites for hydroxylation is 1. The van der Waals surface area contributed by atoms with E-state index in [0.717, 1.165) is 17.3 Å². The Morgan fingerprint density at radius 1 is 1.16 bits per heavy atom. The number of unbranched alkanes of at least 4 members (excludes halogenated alkanes) is 1. The second kappa shape index (κ2) is 12.3. The van der Waals surface area contributed by atoms with Gasteiger partial charge >= 0.3 is 0 Å². The first-order chi connectivity index (χ1) is 18.3. The Hall–Kier alpha value is -3.57. The van der Waals surface area contributed by atoms with E-state index >= 15 is 0 Å². The maximum absolute atomic E-state index is 13.3. The fourth-order valence-electron chi connectivity index (χ4n) is 3.80. The predicted octanol–water partition coefficient (Wildman–Crippen LogP) is 6.64. The molecule has 0 saturated heterocycles. The van der Waals surface area contributed by atoms with Gasteiger partial charge < -0.3 is 9.47 Å². The summed E-state index contributed by atoms with van der Waals surface area (Å²) in [6.07, 6.45) is 4.02. The van der Waals surface area contributed by atoms with Crippen molar-refractivity contribution in [3.8, 4) is 11.5 Å². The van der Waals surface area contributed by atoms with E-state index in [1.165, 1.54) is 23.9 Å². The number of non-ortho nitro benzene ring substituents is 1. The number of nitrogens with zero attached hydrogens (tertiary/aromatic N) is 4. The zero-order valence-electron chi connectivity index (χ0n) is 20.7. The van der Waals surface area contributed by atoms with E-state index in [2.05, 4.69) is 43.9 Å². The fraction of sp³-hybridized carbons (Fsp3) is 0.222. The van der Waals surface area contributed by atoms with Gasteiger partial charge in [0.2, 0.25) is 0 Å². The van der Waals surface area contributed by atoms with Crippen LogP contribution in [0.25, 0.3) is 10.9 Å². The van der Waals surface area contributed by atoms with Crippen LogP contribution in [0, 0.1) is 10.1 Å². The Balaban J connectivity index is 1.65. The summed E-state index contributed by atoms with van der Waals surface area (Å²) in [4.78, 5) is 28.6. The van der Waals surface area contributed by atoms with Gasteiger partial charge in [0.25, 0.3) is 11.2 Å². The second-order valence-corrected chi connectivity index (χ2v) is 10.2. The van der Waals surface area contributed by atoms with Crippen molar-refractivity contribution >= 4 is 54.7 Å². The summed E-state index contributed by atoms with van der Waals surface area (Å²) in [5.74, 6) is 1.46. The summed E-state index contributed by atoms with van der Waals surface area (Å²) in [6.45, 7) is 2.19. The lowest BCUT2D eigenvalue weighted by Gasteiger charge is -2.14. The van der Waals surface area contributed by atoms with E-state index in [1.54, 1.807) is 36.5 Å². The van der Waals surface area contributed by atoms with Crippen molar-refractivity contribution in [1.82, 2.24) is 9.66 Å². The smallest absolute Gasteiger partial charge is 0.282 e. The van der Waals surface area contributed by atoms with Gasteiger partial charge in [0.05, 0.1) is 33.6 Å². The Morgan fingerprint density at radius 2 is 1.97 bits per heavy atom. The number of halogens is 2. The molecule has 0 aliphatic heterocycles. The van der Waals surface area contributed by atoms with Crippen molar-refractivity contribution in [3.05, 3.63) is 101 Å². The highest BCUT2D eigenvalue weighted by Crippen LogP contribution is 2.37. The maximum atomic E-state index is 13.3. The van der Waals surface area contributed by atoms with Gasteiger partial charge in [0, 0.05) is 23.0 Å². The van der Waals surface area contributed by atoms with Crippen molar-refractivity contribution in [2.45, 2.75) is 32.8 Å². The zero-order chi connectivity index (χ0) is 27.2. The molecular formula is C27H24Br2N4O5. The molecule has 3 aromatic carbocycles. The fourth-order valence-corrected chi connectivity index (χ4v) is 4.74. The minimum atomic E-state index is -0.447. The van der Waals surface area contributed by atoms with Gasteiger partial charge in [-0.2, -0.15) is 9.78 Å². The molecule has 0 N–H and O–H groups in total. The van der Waals surface area contributed by atoms with Crippen LogP contribution < -0.4 is 15.0 Å². The van der Waals surface area contributed by atoms with Gasteiger partial charge in [-0.25, -0.2) is 4.98 Å². The highest BCUT2D eigenvalue weighted by atomic mass is 79.9. The van der Waals surface area contributed by atoms with Gasteiger partial charge in [0.1, 0.15) is 12.4 Å². The number of methoxy groups -OCH3 is 1. The number of aromatic nitrogens is 2. The van der Waals surface area contributed by atoms with Crippen molar-refractivity contribution in [1.29, 1.82) is 0 Å². The molecule has 196 valence electrons. The summed E-state index contributed by atoms with van der Waals surface area (Å²) in [5.41, 5.74) is 1.69. The van der Waals surface area contributed by atoms with E-state index < -0.39 is 4.92 Å². The molecule has 0 saturated carbocycles. The molecule has 0 fully saturated rings. The number of hydrogen-bond acceptors (Lipinski definition) is 7. The zero-order valence-corrected chi connectivity index (χ0v) is 23.9. The predicted molar refractivity (Wildman–Crippen MR) is 153 cm³/mol. The van der Waals surface area contributed by atoms with E-state index in [1.807, 2.05) is 12.1 Å². The number of nitro benzene ring substituents is 1. The highest BCUT2D eigenvalue weighted by molar-refractivity contribution is 9.10. The van der Waals surface area contributed by atoms with Crippen LogP contribution in [0.15, 0.2) is 73.4 Å². The molecule has 0 aliphatic carbocycles. The van der Waals surface area contributed by atoms with Crippen LogP contribution >= 0.6 is 31.9 Å². The maximum Gasteiger partial charge on any atom is 0.282 e. The summed E-state index contributed by atoms with van der Waals surface area (Å²) < 4.78 is 14.2. The van der Waals surface area contributed by atoms with Gasteiger partial charge in [-0.05, 0) is 63.8 Å². The molecule has 0 aliphatic rings. The van der Waals surface area contributed by atoms with E-state index in [0.29, 0.717) is 50.2 Å². The summed E-state index contributed by atoms with van der Waals surface area (Å²) in [7, 11) is 1.52. The molecule has 0 atom stereocenters. The normalized spacial score (nSPS) is 11.3. The third-order valence-electron chi connectivity index (χ3n) is 5.71.